The summed E-state index contributed by atoms with van der Waals surface area (Å²) in [5.41, 5.74) is 1.20. The van der Waals surface area contributed by atoms with Crippen LogP contribution in [0.1, 0.15) is 24.5 Å². The van der Waals surface area contributed by atoms with Gasteiger partial charge in [0.1, 0.15) is 5.82 Å². The normalized spacial score (nSPS) is 23.8. The third-order valence-corrected chi connectivity index (χ3v) is 5.92. The molecular formula is C21H30N6O2. The Morgan fingerprint density at radius 1 is 1.17 bits per heavy atom. The van der Waals surface area contributed by atoms with Crippen molar-refractivity contribution in [1.29, 1.82) is 0 Å². The molecule has 156 valence electrons. The van der Waals surface area contributed by atoms with Crippen molar-refractivity contribution in [2.75, 3.05) is 44.2 Å². The van der Waals surface area contributed by atoms with Gasteiger partial charge in [-0.25, -0.2) is 4.98 Å². The maximum Gasteiger partial charge on any atom is 0.229 e. The van der Waals surface area contributed by atoms with Gasteiger partial charge in [-0.3, -0.25) is 14.8 Å². The van der Waals surface area contributed by atoms with Crippen LogP contribution in [0.3, 0.4) is 0 Å². The van der Waals surface area contributed by atoms with Gasteiger partial charge in [0, 0.05) is 45.0 Å². The third kappa shape index (κ3) is 4.76. The van der Waals surface area contributed by atoms with Crippen molar-refractivity contribution in [3.8, 4) is 0 Å². The van der Waals surface area contributed by atoms with Gasteiger partial charge in [0.15, 0.2) is 5.82 Å². The number of aliphatic hydroxyl groups is 1. The summed E-state index contributed by atoms with van der Waals surface area (Å²) in [4.78, 5) is 24.1. The van der Waals surface area contributed by atoms with Gasteiger partial charge in [-0.05, 0) is 31.9 Å². The number of aliphatic hydroxyl groups excluding tert-OH is 1. The third-order valence-electron chi connectivity index (χ3n) is 5.92. The molecule has 0 saturated carbocycles. The standard InChI is InChI=1S/C21H30N6O2/c1-16-22-20(24-23-16)15-25-11-8-19(28)18(14-25)21(29)27-10-5-9-26(12-13-27)17-6-3-2-4-7-17/h2-4,6-7,18-19,28H,5,8-15H2,1H3,(H,22,23,24)/t18-,19+/m0/s1. The second-order valence-corrected chi connectivity index (χ2v) is 8.04. The number of aryl methyl sites for hydroxylation is 1. The van der Waals surface area contributed by atoms with E-state index in [0.717, 1.165) is 44.2 Å². The number of carbonyl (C=O) groups is 1. The van der Waals surface area contributed by atoms with Crippen LogP contribution in [0.5, 0.6) is 0 Å². The van der Waals surface area contributed by atoms with E-state index in [2.05, 4.69) is 37.1 Å². The molecule has 29 heavy (non-hydrogen) atoms. The largest absolute Gasteiger partial charge is 0.392 e. The number of nitrogens with one attached hydrogen (secondary N) is 1. The molecule has 0 bridgehead atoms. The smallest absolute Gasteiger partial charge is 0.229 e. The molecule has 0 radical (unpaired) electrons. The number of rotatable bonds is 4. The number of hydrogen-bond acceptors (Lipinski definition) is 6. The van der Waals surface area contributed by atoms with Crippen LogP contribution >= 0.6 is 0 Å². The van der Waals surface area contributed by atoms with E-state index in [9.17, 15) is 9.90 Å². The van der Waals surface area contributed by atoms with Crippen molar-refractivity contribution >= 4 is 11.6 Å². The van der Waals surface area contributed by atoms with Gasteiger partial charge in [-0.2, -0.15) is 5.10 Å². The molecule has 8 heteroatoms. The molecule has 0 spiro atoms. The zero-order valence-electron chi connectivity index (χ0n) is 17.0. The molecule has 4 rings (SSSR count). The van der Waals surface area contributed by atoms with E-state index in [4.69, 9.17) is 0 Å². The molecule has 8 nitrogen and oxygen atoms in total. The first-order valence-corrected chi connectivity index (χ1v) is 10.5. The lowest BCUT2D eigenvalue weighted by Gasteiger charge is -2.37. The molecule has 2 atom stereocenters. The van der Waals surface area contributed by atoms with Gasteiger partial charge < -0.3 is 14.9 Å². The fraction of sp³-hybridized carbons (Fsp3) is 0.571. The average molecular weight is 399 g/mol. The number of aromatic nitrogens is 3. The quantitative estimate of drug-likeness (QED) is 0.800. The van der Waals surface area contributed by atoms with E-state index in [0.29, 0.717) is 26.1 Å². The molecule has 2 N–H and O–H groups in total. The summed E-state index contributed by atoms with van der Waals surface area (Å²) in [5, 5.41) is 17.6. The van der Waals surface area contributed by atoms with Crippen molar-refractivity contribution in [3.63, 3.8) is 0 Å². The molecule has 2 aromatic rings. The summed E-state index contributed by atoms with van der Waals surface area (Å²) in [6, 6.07) is 10.3. The highest BCUT2D eigenvalue weighted by molar-refractivity contribution is 5.80. The number of H-pyrrole nitrogens is 1. The molecule has 2 fully saturated rings. The van der Waals surface area contributed by atoms with E-state index in [1.807, 2.05) is 30.0 Å². The number of para-hydroxylation sites is 1. The van der Waals surface area contributed by atoms with Crippen LogP contribution in [0.4, 0.5) is 5.69 Å². The van der Waals surface area contributed by atoms with E-state index in [1.54, 1.807) is 0 Å². The number of carbonyl (C=O) groups excluding carboxylic acids is 1. The Labute approximate surface area is 171 Å². The molecular weight excluding hydrogens is 368 g/mol. The van der Waals surface area contributed by atoms with Gasteiger partial charge in [0.05, 0.1) is 18.6 Å². The second-order valence-electron chi connectivity index (χ2n) is 8.04. The molecule has 0 aliphatic carbocycles. The first kappa shape index (κ1) is 19.8. The van der Waals surface area contributed by atoms with Crippen molar-refractivity contribution in [2.45, 2.75) is 32.4 Å². The second kappa shape index (κ2) is 8.92. The van der Waals surface area contributed by atoms with Gasteiger partial charge in [-0.15, -0.1) is 0 Å². The lowest BCUT2D eigenvalue weighted by atomic mass is 9.93. The number of hydrogen-bond donors (Lipinski definition) is 2. The summed E-state index contributed by atoms with van der Waals surface area (Å²) in [6.45, 7) is 6.97. The highest BCUT2D eigenvalue weighted by atomic mass is 16.3. The lowest BCUT2D eigenvalue weighted by Crippen LogP contribution is -2.51. The van der Waals surface area contributed by atoms with Crippen LogP contribution in [0.15, 0.2) is 30.3 Å². The molecule has 1 aromatic heterocycles. The number of anilines is 1. The number of piperidine rings is 1. The Hall–Kier alpha value is -2.45. The fourth-order valence-electron chi connectivity index (χ4n) is 4.32. The number of nitrogens with zero attached hydrogens (tertiary/aromatic N) is 5. The van der Waals surface area contributed by atoms with Crippen LogP contribution in [0, 0.1) is 12.8 Å². The number of benzene rings is 1. The summed E-state index contributed by atoms with van der Waals surface area (Å²) in [6.07, 6.45) is 0.953. The van der Waals surface area contributed by atoms with Gasteiger partial charge in [0.2, 0.25) is 5.91 Å². The zero-order chi connectivity index (χ0) is 20.2. The molecule has 2 saturated heterocycles. The van der Waals surface area contributed by atoms with Crippen LogP contribution in [0.25, 0.3) is 0 Å². The monoisotopic (exact) mass is 398 g/mol. The van der Waals surface area contributed by atoms with Crippen LogP contribution in [-0.4, -0.2) is 81.4 Å². The van der Waals surface area contributed by atoms with Crippen molar-refractivity contribution in [2.24, 2.45) is 5.92 Å². The SMILES string of the molecule is Cc1nc(CN2CC[C@@H](O)[C@@H](C(=O)N3CCCN(c4ccccc4)CC3)C2)n[nH]1. The van der Waals surface area contributed by atoms with E-state index < -0.39 is 6.10 Å². The Bertz CT molecular complexity index is 811. The maximum absolute atomic E-state index is 13.2. The van der Waals surface area contributed by atoms with Crippen LogP contribution < -0.4 is 4.90 Å². The first-order valence-electron chi connectivity index (χ1n) is 10.5. The molecule has 1 amide bonds. The van der Waals surface area contributed by atoms with E-state index in [-0.39, 0.29) is 11.8 Å². The zero-order valence-corrected chi connectivity index (χ0v) is 17.0. The molecule has 0 unspecified atom stereocenters. The maximum atomic E-state index is 13.2. The van der Waals surface area contributed by atoms with E-state index >= 15 is 0 Å². The average Bonchev–Trinajstić information content (AvgIpc) is 3.00. The molecule has 2 aliphatic rings. The predicted molar refractivity (Wildman–Crippen MR) is 110 cm³/mol. The van der Waals surface area contributed by atoms with Crippen molar-refractivity contribution in [1.82, 2.24) is 25.0 Å². The van der Waals surface area contributed by atoms with Crippen LogP contribution in [0.2, 0.25) is 0 Å². The summed E-state index contributed by atoms with van der Waals surface area (Å²) < 4.78 is 0. The van der Waals surface area contributed by atoms with Crippen molar-refractivity contribution < 1.29 is 9.90 Å². The van der Waals surface area contributed by atoms with Crippen molar-refractivity contribution in [3.05, 3.63) is 42.0 Å². The highest BCUT2D eigenvalue weighted by Gasteiger charge is 2.36. The molecule has 2 aliphatic heterocycles. The number of amides is 1. The predicted octanol–water partition coefficient (Wildman–Crippen LogP) is 1.03. The Kier molecular flexibility index (Phi) is 6.10. The molecule has 1 aromatic carbocycles. The minimum atomic E-state index is -0.582. The number of likely N-dealkylation sites (tertiary alicyclic amines) is 1. The van der Waals surface area contributed by atoms with Gasteiger partial charge in [0.25, 0.3) is 0 Å². The molecule has 3 heterocycles. The summed E-state index contributed by atoms with van der Waals surface area (Å²) in [7, 11) is 0. The fourth-order valence-corrected chi connectivity index (χ4v) is 4.32. The van der Waals surface area contributed by atoms with Gasteiger partial charge >= 0.3 is 0 Å². The van der Waals surface area contributed by atoms with Crippen LogP contribution in [-0.2, 0) is 11.3 Å². The Balaban J connectivity index is 1.37. The topological polar surface area (TPSA) is 88.6 Å². The van der Waals surface area contributed by atoms with Gasteiger partial charge in [-0.1, -0.05) is 18.2 Å². The summed E-state index contributed by atoms with van der Waals surface area (Å²) in [5.74, 6) is 1.21. The number of aromatic amines is 1. The Morgan fingerprint density at radius 2 is 2.00 bits per heavy atom. The highest BCUT2D eigenvalue weighted by Crippen LogP contribution is 2.22. The summed E-state index contributed by atoms with van der Waals surface area (Å²) >= 11 is 0. The lowest BCUT2D eigenvalue weighted by molar-refractivity contribution is -0.142. The minimum Gasteiger partial charge on any atom is -0.392 e. The Morgan fingerprint density at radius 3 is 2.76 bits per heavy atom. The first-order chi connectivity index (χ1) is 14.1. The van der Waals surface area contributed by atoms with E-state index in [1.165, 1.54) is 5.69 Å². The minimum absolute atomic E-state index is 0.0725.